The third-order valence-electron chi connectivity index (χ3n) is 3.62. The van der Waals surface area contributed by atoms with Crippen LogP contribution in [0.4, 0.5) is 13.2 Å². The number of carbonyl (C=O) groups excluding carboxylic acids is 1. The Morgan fingerprint density at radius 2 is 2.12 bits per heavy atom. The molecule has 0 aromatic carbocycles. The van der Waals surface area contributed by atoms with Gasteiger partial charge in [0.1, 0.15) is 11.7 Å². The maximum atomic E-state index is 12.5. The van der Waals surface area contributed by atoms with Crippen LogP contribution in [0.1, 0.15) is 5.69 Å². The quantitative estimate of drug-likeness (QED) is 0.549. The van der Waals surface area contributed by atoms with Crippen molar-refractivity contribution < 1.29 is 27.8 Å². The molecule has 0 spiro atoms. The van der Waals surface area contributed by atoms with E-state index in [9.17, 15) is 23.1 Å². The van der Waals surface area contributed by atoms with Crippen LogP contribution in [0, 0.1) is 0 Å². The molecule has 0 amide bonds. The van der Waals surface area contributed by atoms with Crippen LogP contribution in [0.2, 0.25) is 5.15 Å². The van der Waals surface area contributed by atoms with Gasteiger partial charge in [0.25, 0.3) is 0 Å². The molecule has 0 saturated carbocycles. The fourth-order valence-electron chi connectivity index (χ4n) is 2.58. The van der Waals surface area contributed by atoms with Crippen LogP contribution in [-0.2, 0) is 22.5 Å². The van der Waals surface area contributed by atoms with Crippen LogP contribution >= 0.6 is 11.6 Å². The molecule has 26 heavy (non-hydrogen) atoms. The summed E-state index contributed by atoms with van der Waals surface area (Å²) in [4.78, 5) is 15.9. The van der Waals surface area contributed by atoms with Crippen LogP contribution in [0.3, 0.4) is 0 Å². The Morgan fingerprint density at radius 3 is 2.77 bits per heavy atom. The van der Waals surface area contributed by atoms with E-state index < -0.39 is 18.7 Å². The molecule has 0 bridgehead atoms. The standard InChI is InChI=1S/C15H12ClF3N4O3/c1-26-12(24)4-10-13-9(2-3-11(16)21-13)14(25)23(10)8-5-20-22(6-8)7-15(17,18)19/h2-3,5-6,25H,4,7H2,1H3. The Kier molecular flexibility index (Phi) is 4.53. The van der Waals surface area contributed by atoms with Crippen LogP contribution in [0.15, 0.2) is 24.5 Å². The fourth-order valence-corrected chi connectivity index (χ4v) is 2.73. The summed E-state index contributed by atoms with van der Waals surface area (Å²) in [5, 5.41) is 14.6. The third-order valence-corrected chi connectivity index (χ3v) is 3.83. The zero-order valence-corrected chi connectivity index (χ0v) is 14.0. The van der Waals surface area contributed by atoms with E-state index in [-0.39, 0.29) is 39.7 Å². The van der Waals surface area contributed by atoms with Crippen LogP contribution in [0.5, 0.6) is 5.88 Å². The first-order valence-corrected chi connectivity index (χ1v) is 7.62. The highest BCUT2D eigenvalue weighted by Crippen LogP contribution is 2.34. The number of fused-ring (bicyclic) bond motifs is 1. The third kappa shape index (κ3) is 3.45. The summed E-state index contributed by atoms with van der Waals surface area (Å²) in [7, 11) is 1.19. The number of ether oxygens (including phenoxy) is 1. The lowest BCUT2D eigenvalue weighted by molar-refractivity contribution is -0.142. The minimum absolute atomic E-state index is 0.133. The van der Waals surface area contributed by atoms with E-state index in [4.69, 9.17) is 11.6 Å². The average Bonchev–Trinajstić information content (AvgIpc) is 3.09. The van der Waals surface area contributed by atoms with Crippen molar-refractivity contribution in [2.75, 3.05) is 7.11 Å². The van der Waals surface area contributed by atoms with Crippen LogP contribution in [-0.4, -0.2) is 43.7 Å². The summed E-state index contributed by atoms with van der Waals surface area (Å²) in [6.45, 7) is -1.29. The molecule has 0 fully saturated rings. The summed E-state index contributed by atoms with van der Waals surface area (Å²) in [6.07, 6.45) is -2.47. The maximum Gasteiger partial charge on any atom is 0.408 e. The van der Waals surface area contributed by atoms with Gasteiger partial charge in [-0.15, -0.1) is 0 Å². The van der Waals surface area contributed by atoms with Gasteiger partial charge in [0.15, 0.2) is 0 Å². The van der Waals surface area contributed by atoms with Crippen molar-refractivity contribution in [3.63, 3.8) is 0 Å². The van der Waals surface area contributed by atoms with Crippen molar-refractivity contribution in [1.29, 1.82) is 0 Å². The molecule has 0 aliphatic heterocycles. The van der Waals surface area contributed by atoms with E-state index in [2.05, 4.69) is 14.8 Å². The number of pyridine rings is 1. The number of alkyl halides is 3. The highest BCUT2D eigenvalue weighted by Gasteiger charge is 2.29. The van der Waals surface area contributed by atoms with Crippen molar-refractivity contribution in [2.24, 2.45) is 0 Å². The normalized spacial score (nSPS) is 11.9. The second kappa shape index (κ2) is 6.52. The highest BCUT2D eigenvalue weighted by molar-refractivity contribution is 6.29. The number of aromatic nitrogens is 4. The average molecular weight is 389 g/mol. The first kappa shape index (κ1) is 18.1. The summed E-state index contributed by atoms with van der Waals surface area (Å²) >= 11 is 5.89. The van der Waals surface area contributed by atoms with Crippen molar-refractivity contribution in [3.05, 3.63) is 35.4 Å². The van der Waals surface area contributed by atoms with Gasteiger partial charge in [0, 0.05) is 6.20 Å². The van der Waals surface area contributed by atoms with Crippen molar-refractivity contribution >= 4 is 28.5 Å². The molecule has 3 heterocycles. The van der Waals surface area contributed by atoms with Gasteiger partial charge in [-0.2, -0.15) is 18.3 Å². The van der Waals surface area contributed by atoms with Gasteiger partial charge in [0.2, 0.25) is 5.88 Å². The van der Waals surface area contributed by atoms with E-state index in [1.165, 1.54) is 23.8 Å². The number of halogens is 4. The van der Waals surface area contributed by atoms with E-state index in [0.717, 1.165) is 12.4 Å². The first-order chi connectivity index (χ1) is 12.2. The zero-order valence-electron chi connectivity index (χ0n) is 13.3. The predicted molar refractivity (Wildman–Crippen MR) is 85.3 cm³/mol. The first-order valence-electron chi connectivity index (χ1n) is 7.25. The Labute approximate surface area is 149 Å². The molecule has 0 atom stereocenters. The van der Waals surface area contributed by atoms with Crippen molar-refractivity contribution in [2.45, 2.75) is 19.1 Å². The van der Waals surface area contributed by atoms with Gasteiger partial charge in [-0.25, -0.2) is 4.98 Å². The Bertz CT molecular complexity index is 981. The molecule has 7 nitrogen and oxygen atoms in total. The summed E-state index contributed by atoms with van der Waals surface area (Å²) < 4.78 is 44.1. The van der Waals surface area contributed by atoms with E-state index >= 15 is 0 Å². The minimum Gasteiger partial charge on any atom is -0.494 e. The molecular weight excluding hydrogens is 377 g/mol. The molecule has 3 aromatic heterocycles. The monoisotopic (exact) mass is 388 g/mol. The number of methoxy groups -OCH3 is 1. The Hall–Kier alpha value is -2.75. The van der Waals surface area contributed by atoms with Gasteiger partial charge in [-0.1, -0.05) is 11.6 Å². The fraction of sp³-hybridized carbons (Fsp3) is 0.267. The van der Waals surface area contributed by atoms with Gasteiger partial charge in [0.05, 0.1) is 42.0 Å². The largest absolute Gasteiger partial charge is 0.494 e. The minimum atomic E-state index is -4.45. The van der Waals surface area contributed by atoms with Gasteiger partial charge >= 0.3 is 12.1 Å². The highest BCUT2D eigenvalue weighted by atomic mass is 35.5. The summed E-state index contributed by atoms with van der Waals surface area (Å²) in [5.41, 5.74) is 0.599. The molecular formula is C15H12ClF3N4O3. The number of hydrogen-bond donors (Lipinski definition) is 1. The van der Waals surface area contributed by atoms with Crippen LogP contribution < -0.4 is 0 Å². The number of aromatic hydroxyl groups is 1. The number of hydrogen-bond acceptors (Lipinski definition) is 5. The lowest BCUT2D eigenvalue weighted by atomic mass is 10.2. The Balaban J connectivity index is 2.17. The lowest BCUT2D eigenvalue weighted by Crippen LogP contribution is -2.17. The van der Waals surface area contributed by atoms with Gasteiger partial charge in [-0.05, 0) is 12.1 Å². The molecule has 0 radical (unpaired) electrons. The second-order valence-corrected chi connectivity index (χ2v) is 5.79. The van der Waals surface area contributed by atoms with E-state index in [1.54, 1.807) is 0 Å². The maximum absolute atomic E-state index is 12.5. The number of carbonyl (C=O) groups is 1. The molecule has 138 valence electrons. The van der Waals surface area contributed by atoms with Crippen LogP contribution in [0.25, 0.3) is 16.6 Å². The molecule has 0 saturated heterocycles. The molecule has 3 aromatic rings. The lowest BCUT2D eigenvalue weighted by Gasteiger charge is -2.08. The second-order valence-electron chi connectivity index (χ2n) is 5.40. The molecule has 0 aliphatic carbocycles. The summed E-state index contributed by atoms with van der Waals surface area (Å²) in [6, 6.07) is 2.94. The molecule has 0 aliphatic rings. The van der Waals surface area contributed by atoms with Gasteiger partial charge < -0.3 is 9.84 Å². The van der Waals surface area contributed by atoms with Crippen molar-refractivity contribution in [1.82, 2.24) is 19.3 Å². The smallest absolute Gasteiger partial charge is 0.408 e. The Morgan fingerprint density at radius 1 is 1.38 bits per heavy atom. The SMILES string of the molecule is COC(=O)Cc1c2nc(Cl)ccc2c(O)n1-c1cnn(CC(F)(F)F)c1. The molecule has 0 unspecified atom stereocenters. The number of esters is 1. The van der Waals surface area contributed by atoms with E-state index in [0.29, 0.717) is 4.68 Å². The number of rotatable bonds is 4. The van der Waals surface area contributed by atoms with E-state index in [1.807, 2.05) is 0 Å². The molecule has 3 rings (SSSR count). The zero-order chi connectivity index (χ0) is 19.1. The topological polar surface area (TPSA) is 82.2 Å². The predicted octanol–water partition coefficient (Wildman–Crippen LogP) is 2.86. The van der Waals surface area contributed by atoms with Gasteiger partial charge in [-0.3, -0.25) is 14.0 Å². The molecule has 11 heteroatoms. The number of nitrogens with zero attached hydrogens (tertiary/aromatic N) is 4. The van der Waals surface area contributed by atoms with Crippen molar-refractivity contribution in [3.8, 4) is 11.6 Å². The molecule has 1 N–H and O–H groups in total. The summed E-state index contributed by atoms with van der Waals surface area (Å²) in [5.74, 6) is -0.912.